The quantitative estimate of drug-likeness (QED) is 0.589. The summed E-state index contributed by atoms with van der Waals surface area (Å²) in [5.74, 6) is 1.35. The monoisotopic (exact) mass is 413 g/mol. The Morgan fingerprint density at radius 1 is 1.11 bits per heavy atom. The predicted molar refractivity (Wildman–Crippen MR) is 112 cm³/mol. The molecule has 0 unspecified atom stereocenters. The van der Waals surface area contributed by atoms with Gasteiger partial charge < -0.3 is 14.4 Å². The smallest absolute Gasteiger partial charge is 0.254 e. The van der Waals surface area contributed by atoms with Gasteiger partial charge in [-0.25, -0.2) is 0 Å². The Hall–Kier alpha value is -2.50. The highest BCUT2D eigenvalue weighted by molar-refractivity contribution is 7.10. The predicted octanol–water partition coefficient (Wildman–Crippen LogP) is 5.21. The second kappa shape index (κ2) is 7.86. The molecule has 3 aromatic rings. The summed E-state index contributed by atoms with van der Waals surface area (Å²) < 4.78 is 11.0. The zero-order valence-corrected chi connectivity index (χ0v) is 17.2. The molecule has 4 rings (SSSR count). The van der Waals surface area contributed by atoms with E-state index in [0.717, 1.165) is 16.9 Å². The highest BCUT2D eigenvalue weighted by Gasteiger charge is 2.34. The number of rotatable bonds is 4. The molecule has 144 valence electrons. The highest BCUT2D eigenvalue weighted by atomic mass is 35.5. The molecule has 6 heteroatoms. The summed E-state index contributed by atoms with van der Waals surface area (Å²) in [6, 6.07) is 15.0. The number of fused-ring (bicyclic) bond motifs is 1. The third kappa shape index (κ3) is 3.36. The van der Waals surface area contributed by atoms with Crippen LogP contribution < -0.4 is 9.47 Å². The molecular formula is C22H20ClNO3S. The van der Waals surface area contributed by atoms with Crippen LogP contribution in [0.25, 0.3) is 0 Å². The fraction of sp³-hybridized carbons (Fsp3) is 0.227. The molecule has 0 radical (unpaired) electrons. The van der Waals surface area contributed by atoms with Gasteiger partial charge in [0.25, 0.3) is 5.91 Å². The van der Waals surface area contributed by atoms with Crippen LogP contribution in [0.3, 0.4) is 0 Å². The molecule has 1 aliphatic heterocycles. The Labute approximate surface area is 173 Å². The second-order valence-electron chi connectivity index (χ2n) is 6.58. The van der Waals surface area contributed by atoms with Crippen LogP contribution in [0.5, 0.6) is 11.5 Å². The standard InChI is InChI=1S/C22H20ClNO3S/c1-26-18-12-14-8-9-24(22(25)15-5-3-6-16(23)11-15)21(20-7-4-10-28-20)17(14)13-19(18)27-2/h3-7,10-13,21H,8-9H2,1-2H3/t21-/m0/s1. The van der Waals surface area contributed by atoms with Gasteiger partial charge in [0.15, 0.2) is 11.5 Å². The van der Waals surface area contributed by atoms with Gasteiger partial charge in [0.05, 0.1) is 20.3 Å². The molecule has 0 N–H and O–H groups in total. The van der Waals surface area contributed by atoms with E-state index < -0.39 is 0 Å². The lowest BCUT2D eigenvalue weighted by atomic mass is 9.90. The van der Waals surface area contributed by atoms with E-state index >= 15 is 0 Å². The number of amides is 1. The van der Waals surface area contributed by atoms with Crippen molar-refractivity contribution >= 4 is 28.8 Å². The van der Waals surface area contributed by atoms with Gasteiger partial charge in [0, 0.05) is 22.0 Å². The lowest BCUT2D eigenvalue weighted by molar-refractivity contribution is 0.0697. The van der Waals surface area contributed by atoms with E-state index in [0.29, 0.717) is 28.6 Å². The van der Waals surface area contributed by atoms with Crippen LogP contribution in [0.2, 0.25) is 5.02 Å². The van der Waals surface area contributed by atoms with E-state index in [9.17, 15) is 4.79 Å². The first kappa shape index (κ1) is 18.8. The summed E-state index contributed by atoms with van der Waals surface area (Å²) in [5.41, 5.74) is 2.84. The van der Waals surface area contributed by atoms with Gasteiger partial charge >= 0.3 is 0 Å². The minimum absolute atomic E-state index is 0.0265. The number of hydrogen-bond acceptors (Lipinski definition) is 4. The number of ether oxygens (including phenoxy) is 2. The first-order chi connectivity index (χ1) is 13.6. The van der Waals surface area contributed by atoms with E-state index in [1.54, 1.807) is 37.7 Å². The first-order valence-corrected chi connectivity index (χ1v) is 10.2. The van der Waals surface area contributed by atoms with Gasteiger partial charge in [-0.1, -0.05) is 23.7 Å². The van der Waals surface area contributed by atoms with Crippen molar-refractivity contribution in [2.24, 2.45) is 0 Å². The number of carbonyl (C=O) groups is 1. The van der Waals surface area contributed by atoms with Crippen molar-refractivity contribution in [3.05, 3.63) is 80.5 Å². The molecule has 2 heterocycles. The van der Waals surface area contributed by atoms with Crippen LogP contribution in [-0.2, 0) is 6.42 Å². The Kier molecular flexibility index (Phi) is 5.29. The molecule has 0 saturated carbocycles. The molecule has 0 saturated heterocycles. The van der Waals surface area contributed by atoms with Gasteiger partial charge in [0.2, 0.25) is 0 Å². The van der Waals surface area contributed by atoms with Gasteiger partial charge in [-0.2, -0.15) is 0 Å². The van der Waals surface area contributed by atoms with Gasteiger partial charge in [-0.15, -0.1) is 11.3 Å². The van der Waals surface area contributed by atoms with E-state index in [2.05, 4.69) is 6.07 Å². The zero-order valence-electron chi connectivity index (χ0n) is 15.6. The molecule has 0 fully saturated rings. The summed E-state index contributed by atoms with van der Waals surface area (Å²) in [6.07, 6.45) is 0.754. The Bertz CT molecular complexity index is 1000. The van der Waals surface area contributed by atoms with Crippen LogP contribution in [0.4, 0.5) is 0 Å². The number of nitrogens with zero attached hydrogens (tertiary/aromatic N) is 1. The molecule has 0 aliphatic carbocycles. The normalized spacial score (nSPS) is 15.8. The van der Waals surface area contributed by atoms with E-state index in [1.807, 2.05) is 40.6 Å². The van der Waals surface area contributed by atoms with Crippen molar-refractivity contribution in [3.63, 3.8) is 0 Å². The maximum Gasteiger partial charge on any atom is 0.254 e. The Balaban J connectivity index is 1.82. The minimum atomic E-state index is -0.171. The van der Waals surface area contributed by atoms with Gasteiger partial charge in [-0.3, -0.25) is 4.79 Å². The third-order valence-electron chi connectivity index (χ3n) is 5.02. The third-order valence-corrected chi connectivity index (χ3v) is 6.18. The van der Waals surface area contributed by atoms with E-state index in [4.69, 9.17) is 21.1 Å². The maximum absolute atomic E-state index is 13.4. The van der Waals surface area contributed by atoms with Gasteiger partial charge in [-0.05, 0) is 59.3 Å². The van der Waals surface area contributed by atoms with E-state index in [1.165, 1.54) is 5.56 Å². The summed E-state index contributed by atoms with van der Waals surface area (Å²) in [5, 5.41) is 2.59. The average Bonchev–Trinajstić information content (AvgIpc) is 3.25. The molecule has 4 nitrogen and oxygen atoms in total. The second-order valence-corrected chi connectivity index (χ2v) is 8.00. The Morgan fingerprint density at radius 2 is 1.89 bits per heavy atom. The van der Waals surface area contributed by atoms with Gasteiger partial charge in [0.1, 0.15) is 0 Å². The average molecular weight is 414 g/mol. The topological polar surface area (TPSA) is 38.8 Å². The number of methoxy groups -OCH3 is 2. The lowest BCUT2D eigenvalue weighted by Gasteiger charge is -2.37. The number of hydrogen-bond donors (Lipinski definition) is 0. The molecule has 0 bridgehead atoms. The van der Waals surface area contributed by atoms with Crippen LogP contribution >= 0.6 is 22.9 Å². The minimum Gasteiger partial charge on any atom is -0.493 e. The van der Waals surface area contributed by atoms with Crippen molar-refractivity contribution < 1.29 is 14.3 Å². The largest absolute Gasteiger partial charge is 0.493 e. The molecule has 1 amide bonds. The van der Waals surface area contributed by atoms with Crippen molar-refractivity contribution in [2.45, 2.75) is 12.5 Å². The number of halogens is 1. The number of carbonyl (C=O) groups excluding carboxylic acids is 1. The fourth-order valence-electron chi connectivity index (χ4n) is 3.71. The zero-order chi connectivity index (χ0) is 19.7. The lowest BCUT2D eigenvalue weighted by Crippen LogP contribution is -2.40. The van der Waals surface area contributed by atoms with Crippen molar-refractivity contribution in [2.75, 3.05) is 20.8 Å². The van der Waals surface area contributed by atoms with Crippen molar-refractivity contribution in [3.8, 4) is 11.5 Å². The van der Waals surface area contributed by atoms with Crippen LogP contribution in [0, 0.1) is 0 Å². The number of benzene rings is 2. The molecule has 0 spiro atoms. The van der Waals surface area contributed by atoms with Crippen molar-refractivity contribution in [1.82, 2.24) is 4.90 Å². The summed E-state index contributed by atoms with van der Waals surface area (Å²) >= 11 is 7.76. The van der Waals surface area contributed by atoms with Crippen molar-refractivity contribution in [1.29, 1.82) is 0 Å². The first-order valence-electron chi connectivity index (χ1n) is 8.97. The fourth-order valence-corrected chi connectivity index (χ4v) is 4.75. The van der Waals surface area contributed by atoms with Crippen LogP contribution in [0.1, 0.15) is 32.4 Å². The molecular weight excluding hydrogens is 394 g/mol. The summed E-state index contributed by atoms with van der Waals surface area (Å²) in [6.45, 7) is 0.621. The molecule has 1 aliphatic rings. The summed E-state index contributed by atoms with van der Waals surface area (Å²) in [7, 11) is 3.26. The SMILES string of the molecule is COc1cc2c(cc1OC)[C@@H](c1cccs1)N(C(=O)c1cccc(Cl)c1)CC2. The van der Waals surface area contributed by atoms with E-state index in [-0.39, 0.29) is 11.9 Å². The number of thiophene rings is 1. The van der Waals surface area contributed by atoms with Crippen LogP contribution in [0.15, 0.2) is 53.9 Å². The summed E-state index contributed by atoms with van der Waals surface area (Å²) in [4.78, 5) is 16.4. The highest BCUT2D eigenvalue weighted by Crippen LogP contribution is 2.42. The molecule has 2 aromatic carbocycles. The van der Waals surface area contributed by atoms with Crippen LogP contribution in [-0.4, -0.2) is 31.6 Å². The molecule has 1 aromatic heterocycles. The Morgan fingerprint density at radius 3 is 2.57 bits per heavy atom. The molecule has 1 atom stereocenters. The molecule has 28 heavy (non-hydrogen) atoms. The maximum atomic E-state index is 13.4.